The Kier molecular flexibility index (Phi) is 5.38. The first kappa shape index (κ1) is 16.3. The molecule has 0 bridgehead atoms. The van der Waals surface area contributed by atoms with Gasteiger partial charge in [-0.05, 0) is 35.7 Å². The molecule has 0 aliphatic carbocycles. The van der Waals surface area contributed by atoms with Gasteiger partial charge in [-0.1, -0.05) is 79.0 Å². The molecule has 0 unspecified atom stereocenters. The number of hydrogen-bond acceptors (Lipinski definition) is 0. The van der Waals surface area contributed by atoms with Gasteiger partial charge in [-0.2, -0.15) is 0 Å². The van der Waals surface area contributed by atoms with E-state index in [1.165, 1.54) is 21.9 Å². The molecule has 0 spiro atoms. The van der Waals surface area contributed by atoms with Crippen LogP contribution in [-0.4, -0.2) is 8.07 Å². The lowest BCUT2D eigenvalue weighted by atomic mass is 10.1. The summed E-state index contributed by atoms with van der Waals surface area (Å²) in [5.74, 6) is 0. The van der Waals surface area contributed by atoms with Crippen molar-refractivity contribution in [2.24, 2.45) is 0 Å². The van der Waals surface area contributed by atoms with Crippen LogP contribution < -0.4 is 0 Å². The summed E-state index contributed by atoms with van der Waals surface area (Å²) >= 11 is 0. The standard InChI is InChI=1S/C21H24Si/c1-5-22(3,4)21(20-11-7-6-8-12-20)13-9-10-19-16-14-18(2)15-17-19/h5-9,11-12,14-17H,1,10H2,2-4H3. The molecule has 0 aliphatic rings. The number of benzene rings is 2. The largest absolute Gasteiger partial charge is 0.125 e. The third-order valence-electron chi connectivity index (χ3n) is 3.92. The maximum Gasteiger partial charge on any atom is 0.114 e. The highest BCUT2D eigenvalue weighted by atomic mass is 28.3. The molecule has 1 heteroatoms. The van der Waals surface area contributed by atoms with Crippen molar-refractivity contribution in [1.82, 2.24) is 0 Å². The number of hydrogen-bond donors (Lipinski definition) is 0. The fraction of sp³-hybridized carbons (Fsp3) is 0.190. The van der Waals surface area contributed by atoms with Crippen molar-refractivity contribution in [2.75, 3.05) is 0 Å². The van der Waals surface area contributed by atoms with Crippen molar-refractivity contribution in [3.05, 3.63) is 95.4 Å². The van der Waals surface area contributed by atoms with Crippen LogP contribution in [0.1, 0.15) is 16.7 Å². The first-order chi connectivity index (χ1) is 10.5. The third-order valence-corrected chi connectivity index (χ3v) is 6.66. The van der Waals surface area contributed by atoms with E-state index in [4.69, 9.17) is 0 Å². The zero-order valence-corrected chi connectivity index (χ0v) is 14.8. The van der Waals surface area contributed by atoms with Gasteiger partial charge in [0.1, 0.15) is 8.07 Å². The summed E-state index contributed by atoms with van der Waals surface area (Å²) in [6, 6.07) is 19.3. The van der Waals surface area contributed by atoms with Crippen LogP contribution in [0.5, 0.6) is 0 Å². The predicted octanol–water partition coefficient (Wildman–Crippen LogP) is 5.75. The summed E-state index contributed by atoms with van der Waals surface area (Å²) in [7, 11) is -1.66. The van der Waals surface area contributed by atoms with Gasteiger partial charge in [-0.15, -0.1) is 12.3 Å². The molecule has 22 heavy (non-hydrogen) atoms. The Morgan fingerprint density at radius 1 is 1.05 bits per heavy atom. The van der Waals surface area contributed by atoms with Gasteiger partial charge in [0, 0.05) is 0 Å². The average Bonchev–Trinajstić information content (AvgIpc) is 2.54. The highest BCUT2D eigenvalue weighted by Crippen LogP contribution is 2.25. The lowest BCUT2D eigenvalue weighted by Crippen LogP contribution is -2.24. The molecule has 0 fully saturated rings. The summed E-state index contributed by atoms with van der Waals surface area (Å²) < 4.78 is 0. The molecule has 0 atom stereocenters. The van der Waals surface area contributed by atoms with Crippen LogP contribution in [0, 0.1) is 6.92 Å². The molecular weight excluding hydrogens is 280 g/mol. The Hall–Kier alpha value is -2.08. The lowest BCUT2D eigenvalue weighted by Gasteiger charge is -2.20. The summed E-state index contributed by atoms with van der Waals surface area (Å²) in [6.07, 6.45) is 3.07. The first-order valence-corrected chi connectivity index (χ1v) is 10.8. The van der Waals surface area contributed by atoms with Gasteiger partial charge in [0.2, 0.25) is 0 Å². The minimum atomic E-state index is -1.66. The molecule has 0 heterocycles. The normalized spacial score (nSPS) is 10.7. The van der Waals surface area contributed by atoms with E-state index in [0.29, 0.717) is 0 Å². The van der Waals surface area contributed by atoms with Crippen molar-refractivity contribution in [3.63, 3.8) is 0 Å². The molecule has 0 aliphatic heterocycles. The Labute approximate surface area is 135 Å². The number of aryl methyl sites for hydroxylation is 1. The van der Waals surface area contributed by atoms with E-state index in [9.17, 15) is 0 Å². The van der Waals surface area contributed by atoms with Gasteiger partial charge in [0.25, 0.3) is 0 Å². The van der Waals surface area contributed by atoms with Gasteiger partial charge >= 0.3 is 0 Å². The van der Waals surface area contributed by atoms with Crippen molar-refractivity contribution in [3.8, 4) is 0 Å². The highest BCUT2D eigenvalue weighted by Gasteiger charge is 2.23. The van der Waals surface area contributed by atoms with E-state index in [1.807, 2.05) is 0 Å². The van der Waals surface area contributed by atoms with Crippen LogP contribution in [0.2, 0.25) is 13.1 Å². The van der Waals surface area contributed by atoms with Crippen molar-refractivity contribution in [2.45, 2.75) is 26.4 Å². The van der Waals surface area contributed by atoms with Crippen molar-refractivity contribution in [1.29, 1.82) is 0 Å². The minimum Gasteiger partial charge on any atom is -0.125 e. The molecule has 0 radical (unpaired) electrons. The highest BCUT2D eigenvalue weighted by molar-refractivity contribution is 6.98. The van der Waals surface area contributed by atoms with Gasteiger partial charge in [-0.25, -0.2) is 0 Å². The van der Waals surface area contributed by atoms with E-state index in [-0.39, 0.29) is 0 Å². The number of allylic oxidation sites excluding steroid dienone is 1. The predicted molar refractivity (Wildman–Crippen MR) is 100 cm³/mol. The molecule has 112 valence electrons. The molecule has 0 aromatic heterocycles. The topological polar surface area (TPSA) is 0 Å². The maximum atomic E-state index is 4.04. The Bertz CT molecular complexity index is 684. The average molecular weight is 305 g/mol. The second kappa shape index (κ2) is 7.26. The van der Waals surface area contributed by atoms with Gasteiger partial charge in [-0.3, -0.25) is 0 Å². The summed E-state index contributed by atoms with van der Waals surface area (Å²) in [5, 5.41) is 1.32. The number of rotatable bonds is 5. The second-order valence-electron chi connectivity index (χ2n) is 6.21. The molecular formula is C21H24Si. The quantitative estimate of drug-likeness (QED) is 0.487. The molecule has 2 rings (SSSR count). The second-order valence-corrected chi connectivity index (χ2v) is 10.6. The van der Waals surface area contributed by atoms with Gasteiger partial charge in [0.15, 0.2) is 0 Å². The summed E-state index contributed by atoms with van der Waals surface area (Å²) in [4.78, 5) is 0. The molecule has 2 aromatic rings. The van der Waals surface area contributed by atoms with Crippen LogP contribution in [0.3, 0.4) is 0 Å². The fourth-order valence-electron chi connectivity index (χ4n) is 2.34. The monoisotopic (exact) mass is 304 g/mol. The molecule has 0 saturated heterocycles. The maximum absolute atomic E-state index is 4.04. The zero-order chi connectivity index (χ0) is 16.0. The van der Waals surface area contributed by atoms with Crippen LogP contribution in [0.25, 0.3) is 5.20 Å². The van der Waals surface area contributed by atoms with Crippen LogP contribution in [-0.2, 0) is 6.42 Å². The summed E-state index contributed by atoms with van der Waals surface area (Å²) in [6.45, 7) is 10.8. The molecule has 0 nitrogen and oxygen atoms in total. The third kappa shape index (κ3) is 4.21. The Balaban J connectivity index is 2.34. The van der Waals surface area contributed by atoms with E-state index in [1.54, 1.807) is 0 Å². The lowest BCUT2D eigenvalue weighted by molar-refractivity contribution is 1.26. The van der Waals surface area contributed by atoms with Crippen LogP contribution in [0.4, 0.5) is 0 Å². The van der Waals surface area contributed by atoms with E-state index in [2.05, 4.69) is 98.7 Å². The van der Waals surface area contributed by atoms with Crippen LogP contribution in [0.15, 0.2) is 78.7 Å². The van der Waals surface area contributed by atoms with E-state index >= 15 is 0 Å². The SMILES string of the molecule is C=C[Si](C)(C)C(=C=CCc1ccc(C)cc1)c1ccccc1. The van der Waals surface area contributed by atoms with Crippen molar-refractivity contribution < 1.29 is 0 Å². The Morgan fingerprint density at radius 2 is 1.68 bits per heavy atom. The van der Waals surface area contributed by atoms with E-state index in [0.717, 1.165) is 6.42 Å². The molecule has 0 amide bonds. The first-order valence-electron chi connectivity index (χ1n) is 7.73. The smallest absolute Gasteiger partial charge is 0.114 e. The molecule has 0 saturated carbocycles. The zero-order valence-electron chi connectivity index (χ0n) is 13.8. The molecule has 2 aromatic carbocycles. The summed E-state index contributed by atoms with van der Waals surface area (Å²) in [5.41, 5.74) is 9.58. The van der Waals surface area contributed by atoms with Crippen LogP contribution >= 0.6 is 0 Å². The molecule has 0 N–H and O–H groups in total. The van der Waals surface area contributed by atoms with Gasteiger partial charge < -0.3 is 0 Å². The fourth-order valence-corrected chi connectivity index (χ4v) is 3.93. The van der Waals surface area contributed by atoms with Crippen molar-refractivity contribution >= 4 is 13.3 Å². The van der Waals surface area contributed by atoms with E-state index < -0.39 is 8.07 Å². The Morgan fingerprint density at radius 3 is 2.27 bits per heavy atom. The minimum absolute atomic E-state index is 0.915. The van der Waals surface area contributed by atoms with Gasteiger partial charge in [0.05, 0.1) is 0 Å².